The fraction of sp³-hybridized carbons (Fsp3) is 0.316. The number of halogens is 1. The van der Waals surface area contributed by atoms with Crippen LogP contribution in [-0.2, 0) is 14.8 Å². The highest BCUT2D eigenvalue weighted by atomic mass is 35.5. The number of sulfonamides is 1. The van der Waals surface area contributed by atoms with Crippen molar-refractivity contribution in [1.82, 2.24) is 5.32 Å². The smallest absolute Gasteiger partial charge is 0.261 e. The molecule has 2 aromatic carbocycles. The van der Waals surface area contributed by atoms with E-state index in [9.17, 15) is 13.2 Å². The van der Waals surface area contributed by atoms with Crippen LogP contribution in [0.3, 0.4) is 0 Å². The minimum Gasteiger partial charge on any atom is -0.326 e. The molecule has 2 aromatic rings. The maximum Gasteiger partial charge on any atom is 0.261 e. The lowest BCUT2D eigenvalue weighted by Gasteiger charge is -2.10. The Morgan fingerprint density at radius 2 is 1.74 bits per heavy atom. The van der Waals surface area contributed by atoms with Crippen LogP contribution in [-0.4, -0.2) is 27.4 Å². The van der Waals surface area contributed by atoms with Crippen LogP contribution in [0.1, 0.15) is 19.3 Å². The maximum atomic E-state index is 12.4. The second-order valence-electron chi connectivity index (χ2n) is 6.44. The second-order valence-corrected chi connectivity index (χ2v) is 8.12. The van der Waals surface area contributed by atoms with Gasteiger partial charge in [-0.1, -0.05) is 18.2 Å². The summed E-state index contributed by atoms with van der Waals surface area (Å²) in [5.41, 5.74) is 1.10. The fourth-order valence-electron chi connectivity index (χ4n) is 2.96. The topological polar surface area (TPSA) is 87.3 Å². The molecule has 1 aliphatic heterocycles. The van der Waals surface area contributed by atoms with Gasteiger partial charge in [0.1, 0.15) is 0 Å². The minimum atomic E-state index is -3.65. The Kier molecular flexibility index (Phi) is 7.65. The van der Waals surface area contributed by atoms with Crippen molar-refractivity contribution >= 4 is 39.7 Å². The Labute approximate surface area is 166 Å². The first-order chi connectivity index (χ1) is 12.5. The highest BCUT2D eigenvalue weighted by molar-refractivity contribution is 7.92. The van der Waals surface area contributed by atoms with Crippen LogP contribution in [0.2, 0.25) is 0 Å². The lowest BCUT2D eigenvalue weighted by molar-refractivity contribution is -0.116. The van der Waals surface area contributed by atoms with Gasteiger partial charge in [-0.2, -0.15) is 0 Å². The Hall–Kier alpha value is -2.09. The number of amides is 1. The van der Waals surface area contributed by atoms with E-state index in [1.807, 2.05) is 6.07 Å². The van der Waals surface area contributed by atoms with Crippen molar-refractivity contribution in [3.8, 4) is 0 Å². The van der Waals surface area contributed by atoms with Gasteiger partial charge in [0.05, 0.1) is 4.90 Å². The predicted octanol–water partition coefficient (Wildman–Crippen LogP) is 3.24. The minimum absolute atomic E-state index is 0. The molecule has 1 amide bonds. The van der Waals surface area contributed by atoms with Crippen molar-refractivity contribution in [2.24, 2.45) is 5.92 Å². The number of benzene rings is 2. The van der Waals surface area contributed by atoms with E-state index >= 15 is 0 Å². The van der Waals surface area contributed by atoms with Gasteiger partial charge in [0.25, 0.3) is 10.0 Å². The van der Waals surface area contributed by atoms with Crippen molar-refractivity contribution < 1.29 is 13.2 Å². The molecule has 146 valence electrons. The zero-order chi connectivity index (χ0) is 18.4. The van der Waals surface area contributed by atoms with Crippen LogP contribution >= 0.6 is 12.4 Å². The van der Waals surface area contributed by atoms with Crippen LogP contribution in [0.5, 0.6) is 0 Å². The van der Waals surface area contributed by atoms with Gasteiger partial charge >= 0.3 is 0 Å². The molecule has 1 saturated heterocycles. The zero-order valence-corrected chi connectivity index (χ0v) is 16.5. The molecule has 0 spiro atoms. The van der Waals surface area contributed by atoms with Gasteiger partial charge < -0.3 is 10.6 Å². The van der Waals surface area contributed by atoms with Crippen LogP contribution in [0.15, 0.2) is 59.5 Å². The van der Waals surface area contributed by atoms with E-state index in [2.05, 4.69) is 15.4 Å². The molecule has 27 heavy (non-hydrogen) atoms. The number of anilines is 2. The van der Waals surface area contributed by atoms with Gasteiger partial charge in [-0.3, -0.25) is 9.52 Å². The monoisotopic (exact) mass is 409 g/mol. The van der Waals surface area contributed by atoms with Crippen LogP contribution in [0, 0.1) is 5.92 Å². The number of hydrogen-bond acceptors (Lipinski definition) is 4. The normalized spacial score (nSPS) is 16.4. The molecule has 6 nitrogen and oxygen atoms in total. The molecular weight excluding hydrogens is 386 g/mol. The first-order valence-electron chi connectivity index (χ1n) is 8.71. The third-order valence-electron chi connectivity index (χ3n) is 4.42. The third kappa shape index (κ3) is 6.23. The van der Waals surface area contributed by atoms with Crippen LogP contribution in [0.25, 0.3) is 0 Å². The Morgan fingerprint density at radius 1 is 1.04 bits per heavy atom. The van der Waals surface area contributed by atoms with Crippen LogP contribution < -0.4 is 15.4 Å². The Bertz CT molecular complexity index is 836. The molecule has 1 aliphatic rings. The third-order valence-corrected chi connectivity index (χ3v) is 5.81. The fourth-order valence-corrected chi connectivity index (χ4v) is 4.02. The molecule has 1 unspecified atom stereocenters. The van der Waals surface area contributed by atoms with Crippen molar-refractivity contribution in [3.63, 3.8) is 0 Å². The lowest BCUT2D eigenvalue weighted by Crippen LogP contribution is -2.15. The van der Waals surface area contributed by atoms with Crippen LogP contribution in [0.4, 0.5) is 11.4 Å². The summed E-state index contributed by atoms with van der Waals surface area (Å²) in [6.07, 6.45) is 2.46. The SMILES string of the molecule is Cl.O=C(CCC1CCNC1)Nc1ccc(S(=O)(=O)Nc2ccccc2)cc1. The predicted molar refractivity (Wildman–Crippen MR) is 110 cm³/mol. The average molecular weight is 410 g/mol. The number of nitrogens with one attached hydrogen (secondary N) is 3. The molecule has 0 bridgehead atoms. The second kappa shape index (κ2) is 9.73. The highest BCUT2D eigenvalue weighted by Gasteiger charge is 2.16. The maximum absolute atomic E-state index is 12.4. The van der Waals surface area contributed by atoms with E-state index in [1.54, 1.807) is 36.4 Å². The van der Waals surface area contributed by atoms with Gasteiger partial charge in [0.15, 0.2) is 0 Å². The summed E-state index contributed by atoms with van der Waals surface area (Å²) in [7, 11) is -3.65. The van der Waals surface area contributed by atoms with Gasteiger partial charge in [-0.05, 0) is 68.2 Å². The molecule has 1 fully saturated rings. The first-order valence-corrected chi connectivity index (χ1v) is 10.2. The van der Waals surface area contributed by atoms with E-state index in [4.69, 9.17) is 0 Å². The lowest BCUT2D eigenvalue weighted by atomic mass is 10.0. The summed E-state index contributed by atoms with van der Waals surface area (Å²) < 4.78 is 27.3. The molecule has 3 rings (SSSR count). The molecule has 3 N–H and O–H groups in total. The molecule has 0 aromatic heterocycles. The van der Waals surface area contributed by atoms with Gasteiger partial charge in [0.2, 0.25) is 5.91 Å². The standard InChI is InChI=1S/C19H23N3O3S.ClH/c23-19(11-6-15-12-13-20-14-15)21-16-7-9-18(10-8-16)26(24,25)22-17-4-2-1-3-5-17;/h1-5,7-10,15,20,22H,6,11-14H2,(H,21,23);1H. The number of hydrogen-bond donors (Lipinski definition) is 3. The summed E-state index contributed by atoms with van der Waals surface area (Å²) in [4.78, 5) is 12.2. The number of carbonyl (C=O) groups is 1. The molecule has 1 heterocycles. The summed E-state index contributed by atoms with van der Waals surface area (Å²) in [6.45, 7) is 2.01. The quantitative estimate of drug-likeness (QED) is 0.655. The average Bonchev–Trinajstić information content (AvgIpc) is 3.14. The first kappa shape index (κ1) is 21.2. The molecular formula is C19H24ClN3O3S. The van der Waals surface area contributed by atoms with Crippen molar-refractivity contribution in [1.29, 1.82) is 0 Å². The van der Waals surface area contributed by atoms with E-state index < -0.39 is 10.0 Å². The van der Waals surface area contributed by atoms with Gasteiger partial charge in [-0.15, -0.1) is 12.4 Å². The van der Waals surface area contributed by atoms with E-state index in [1.165, 1.54) is 12.1 Å². The molecule has 0 saturated carbocycles. The summed E-state index contributed by atoms with van der Waals surface area (Å²) in [5.74, 6) is 0.521. The summed E-state index contributed by atoms with van der Waals surface area (Å²) in [6, 6.07) is 14.9. The molecule has 0 radical (unpaired) electrons. The molecule has 1 atom stereocenters. The zero-order valence-electron chi connectivity index (χ0n) is 14.9. The summed E-state index contributed by atoms with van der Waals surface area (Å²) >= 11 is 0. The number of para-hydroxylation sites is 1. The number of carbonyl (C=O) groups excluding carboxylic acids is 1. The van der Waals surface area contributed by atoms with Crippen molar-refractivity contribution in [2.45, 2.75) is 24.2 Å². The Morgan fingerprint density at radius 3 is 2.37 bits per heavy atom. The summed E-state index contributed by atoms with van der Waals surface area (Å²) in [5, 5.41) is 6.11. The van der Waals surface area contributed by atoms with E-state index in [0.29, 0.717) is 23.7 Å². The van der Waals surface area contributed by atoms with Gasteiger partial charge in [0, 0.05) is 17.8 Å². The van der Waals surface area contributed by atoms with Gasteiger partial charge in [-0.25, -0.2) is 8.42 Å². The molecule has 0 aliphatic carbocycles. The van der Waals surface area contributed by atoms with Crippen molar-refractivity contribution in [2.75, 3.05) is 23.1 Å². The van der Waals surface area contributed by atoms with Crippen molar-refractivity contribution in [3.05, 3.63) is 54.6 Å². The highest BCUT2D eigenvalue weighted by Crippen LogP contribution is 2.19. The largest absolute Gasteiger partial charge is 0.326 e. The Balaban J connectivity index is 0.00000261. The van der Waals surface area contributed by atoms with E-state index in [0.717, 1.165) is 25.9 Å². The van der Waals surface area contributed by atoms with E-state index in [-0.39, 0.29) is 23.2 Å². The number of rotatable bonds is 7. The molecule has 8 heteroatoms.